The van der Waals surface area contributed by atoms with E-state index in [1.807, 2.05) is 40.5 Å². The Balaban J connectivity index is 1.26. The van der Waals surface area contributed by atoms with Crippen LogP contribution in [0.4, 0.5) is 0 Å². The zero-order valence-corrected chi connectivity index (χ0v) is 17.4. The molecule has 5 nitrogen and oxygen atoms in total. The van der Waals surface area contributed by atoms with Crippen LogP contribution >= 0.6 is 11.3 Å². The third-order valence-electron chi connectivity index (χ3n) is 5.62. The second-order valence-corrected chi connectivity index (χ2v) is 8.77. The van der Waals surface area contributed by atoms with Crippen molar-refractivity contribution in [3.05, 3.63) is 51.7 Å². The van der Waals surface area contributed by atoms with Crippen molar-refractivity contribution in [2.75, 3.05) is 39.8 Å². The minimum atomic E-state index is 0.218. The number of piperazine rings is 1. The Kier molecular flexibility index (Phi) is 6.29. The molecule has 0 aliphatic carbocycles. The minimum Gasteiger partial charge on any atom is -0.497 e. The lowest BCUT2D eigenvalue weighted by molar-refractivity contribution is -0.136. The van der Waals surface area contributed by atoms with Crippen molar-refractivity contribution in [1.29, 1.82) is 0 Å². The first-order valence-electron chi connectivity index (χ1n) is 10.1. The summed E-state index contributed by atoms with van der Waals surface area (Å²) in [7, 11) is 1.67. The molecule has 1 amide bonds. The number of hydrogen-bond donors (Lipinski definition) is 0. The van der Waals surface area contributed by atoms with Crippen LogP contribution in [0.25, 0.3) is 0 Å². The van der Waals surface area contributed by atoms with Gasteiger partial charge in [-0.25, -0.2) is 0 Å². The van der Waals surface area contributed by atoms with Crippen LogP contribution in [0.2, 0.25) is 0 Å². The summed E-state index contributed by atoms with van der Waals surface area (Å²) in [5.74, 6) is 1.07. The molecule has 0 bridgehead atoms. The Morgan fingerprint density at radius 2 is 1.71 bits per heavy atom. The van der Waals surface area contributed by atoms with E-state index in [2.05, 4.69) is 21.2 Å². The number of benzene rings is 1. The number of carbonyl (C=O) groups excluding carboxylic acids is 1. The van der Waals surface area contributed by atoms with Gasteiger partial charge in [0.05, 0.1) is 13.7 Å². The summed E-state index contributed by atoms with van der Waals surface area (Å²) in [5.41, 5.74) is 2.57. The van der Waals surface area contributed by atoms with Gasteiger partial charge in [-0.15, -0.1) is 11.3 Å². The lowest BCUT2D eigenvalue weighted by atomic mass is 10.2. The number of methoxy groups -OCH3 is 1. The first-order valence-corrected chi connectivity index (χ1v) is 11.0. The SMILES string of the molecule is COc1ccc(CN2CCN(Cc3cc(CN4CCCC4)cs3)CC2=O)cc1. The zero-order chi connectivity index (χ0) is 19.3. The highest BCUT2D eigenvalue weighted by atomic mass is 32.1. The molecule has 4 rings (SSSR count). The highest BCUT2D eigenvalue weighted by Gasteiger charge is 2.24. The largest absolute Gasteiger partial charge is 0.497 e. The monoisotopic (exact) mass is 399 g/mol. The molecule has 0 saturated carbocycles. The van der Waals surface area contributed by atoms with Crippen molar-refractivity contribution in [3.8, 4) is 5.75 Å². The maximum atomic E-state index is 12.6. The summed E-state index contributed by atoms with van der Waals surface area (Å²) in [4.78, 5) is 20.8. The van der Waals surface area contributed by atoms with Gasteiger partial charge in [-0.3, -0.25) is 14.6 Å². The van der Waals surface area contributed by atoms with Crippen LogP contribution in [0.3, 0.4) is 0 Å². The van der Waals surface area contributed by atoms with Gasteiger partial charge in [-0.2, -0.15) is 0 Å². The summed E-state index contributed by atoms with van der Waals surface area (Å²) in [6, 6.07) is 10.3. The van der Waals surface area contributed by atoms with Crippen LogP contribution in [0, 0.1) is 0 Å². The van der Waals surface area contributed by atoms with E-state index in [1.54, 1.807) is 7.11 Å². The first kappa shape index (κ1) is 19.4. The van der Waals surface area contributed by atoms with Crippen molar-refractivity contribution in [3.63, 3.8) is 0 Å². The van der Waals surface area contributed by atoms with E-state index in [1.165, 1.54) is 36.4 Å². The molecule has 2 aromatic rings. The molecule has 1 aromatic heterocycles. The summed E-state index contributed by atoms with van der Waals surface area (Å²) in [6.07, 6.45) is 2.67. The fraction of sp³-hybridized carbons (Fsp3) is 0.500. The number of thiophene rings is 1. The summed E-state index contributed by atoms with van der Waals surface area (Å²) >= 11 is 1.83. The average Bonchev–Trinajstić information content (AvgIpc) is 3.37. The lowest BCUT2D eigenvalue weighted by Crippen LogP contribution is -2.49. The van der Waals surface area contributed by atoms with Gasteiger partial charge in [0.1, 0.15) is 5.75 Å². The first-order chi connectivity index (χ1) is 13.7. The normalized spacial score (nSPS) is 18.8. The van der Waals surface area contributed by atoms with Crippen LogP contribution in [-0.2, 0) is 24.4 Å². The Labute approximate surface area is 171 Å². The molecule has 150 valence electrons. The van der Waals surface area contributed by atoms with Crippen molar-refractivity contribution in [1.82, 2.24) is 14.7 Å². The average molecular weight is 400 g/mol. The summed E-state index contributed by atoms with van der Waals surface area (Å²) < 4.78 is 5.20. The van der Waals surface area contributed by atoms with Crippen LogP contribution in [0.5, 0.6) is 5.75 Å². The third-order valence-corrected chi connectivity index (χ3v) is 6.59. The molecule has 28 heavy (non-hydrogen) atoms. The Morgan fingerprint density at radius 1 is 0.929 bits per heavy atom. The smallest absolute Gasteiger partial charge is 0.237 e. The van der Waals surface area contributed by atoms with Crippen molar-refractivity contribution >= 4 is 17.2 Å². The highest BCUT2D eigenvalue weighted by molar-refractivity contribution is 7.10. The second-order valence-electron chi connectivity index (χ2n) is 7.78. The van der Waals surface area contributed by atoms with Gasteiger partial charge >= 0.3 is 0 Å². The quantitative estimate of drug-likeness (QED) is 0.716. The molecular weight excluding hydrogens is 370 g/mol. The number of nitrogens with zero attached hydrogens (tertiary/aromatic N) is 3. The lowest BCUT2D eigenvalue weighted by Gasteiger charge is -2.34. The molecule has 2 aliphatic rings. The molecule has 2 aliphatic heterocycles. The molecule has 1 aromatic carbocycles. The molecule has 6 heteroatoms. The standard InChI is InChI=1S/C22H29N3O2S/c1-27-20-6-4-18(5-7-20)14-25-11-10-24(16-22(25)26)15-21-12-19(17-28-21)13-23-8-2-3-9-23/h4-7,12,17H,2-3,8-11,13-16H2,1H3. The fourth-order valence-electron chi connectivity index (χ4n) is 4.02. The Morgan fingerprint density at radius 3 is 2.43 bits per heavy atom. The van der Waals surface area contributed by atoms with Gasteiger partial charge < -0.3 is 9.64 Å². The predicted octanol–water partition coefficient (Wildman–Crippen LogP) is 3.20. The summed E-state index contributed by atoms with van der Waals surface area (Å²) in [5, 5.41) is 2.29. The summed E-state index contributed by atoms with van der Waals surface area (Å²) in [6.45, 7) is 7.33. The zero-order valence-electron chi connectivity index (χ0n) is 16.6. The topological polar surface area (TPSA) is 36.0 Å². The maximum absolute atomic E-state index is 12.6. The van der Waals surface area contributed by atoms with E-state index in [0.717, 1.165) is 37.5 Å². The Hall–Kier alpha value is -1.89. The minimum absolute atomic E-state index is 0.218. The van der Waals surface area contributed by atoms with Crippen LogP contribution in [0.1, 0.15) is 28.8 Å². The number of amides is 1. The van der Waals surface area contributed by atoms with Crippen LogP contribution < -0.4 is 4.74 Å². The third kappa shape index (κ3) is 4.93. The molecule has 0 spiro atoms. The van der Waals surface area contributed by atoms with Crippen molar-refractivity contribution in [2.24, 2.45) is 0 Å². The number of carbonyl (C=O) groups is 1. The van der Waals surface area contributed by atoms with E-state index < -0.39 is 0 Å². The van der Waals surface area contributed by atoms with E-state index in [4.69, 9.17) is 4.74 Å². The molecule has 2 fully saturated rings. The molecule has 0 N–H and O–H groups in total. The van der Waals surface area contributed by atoms with E-state index in [0.29, 0.717) is 13.1 Å². The van der Waals surface area contributed by atoms with Crippen molar-refractivity contribution in [2.45, 2.75) is 32.5 Å². The number of ether oxygens (including phenoxy) is 1. The molecule has 2 saturated heterocycles. The number of hydrogen-bond acceptors (Lipinski definition) is 5. The van der Waals surface area contributed by atoms with E-state index in [-0.39, 0.29) is 5.91 Å². The van der Waals surface area contributed by atoms with Crippen LogP contribution in [0.15, 0.2) is 35.7 Å². The predicted molar refractivity (Wildman–Crippen MR) is 113 cm³/mol. The van der Waals surface area contributed by atoms with Gasteiger partial charge in [-0.05, 0) is 60.6 Å². The highest BCUT2D eigenvalue weighted by Crippen LogP contribution is 2.21. The van der Waals surface area contributed by atoms with Gasteiger partial charge in [-0.1, -0.05) is 12.1 Å². The van der Waals surface area contributed by atoms with E-state index >= 15 is 0 Å². The van der Waals surface area contributed by atoms with E-state index in [9.17, 15) is 4.79 Å². The molecular formula is C22H29N3O2S. The maximum Gasteiger partial charge on any atom is 0.237 e. The van der Waals surface area contributed by atoms with Gasteiger partial charge in [0.25, 0.3) is 0 Å². The molecule has 0 unspecified atom stereocenters. The van der Waals surface area contributed by atoms with Gasteiger partial charge in [0.2, 0.25) is 5.91 Å². The number of rotatable bonds is 7. The molecule has 3 heterocycles. The van der Waals surface area contributed by atoms with Gasteiger partial charge in [0, 0.05) is 37.6 Å². The molecule has 0 radical (unpaired) electrons. The molecule has 0 atom stereocenters. The van der Waals surface area contributed by atoms with Crippen molar-refractivity contribution < 1.29 is 9.53 Å². The second kappa shape index (κ2) is 9.07. The fourth-order valence-corrected chi connectivity index (χ4v) is 4.94. The number of likely N-dealkylation sites (tertiary alicyclic amines) is 1. The van der Waals surface area contributed by atoms with Gasteiger partial charge in [0.15, 0.2) is 0 Å². The Bertz CT molecular complexity index is 783. The van der Waals surface area contributed by atoms with Crippen LogP contribution in [-0.4, -0.2) is 60.4 Å².